The van der Waals surface area contributed by atoms with E-state index in [1.165, 1.54) is 11.8 Å². The number of amidine groups is 1. The first kappa shape index (κ1) is 17.1. The maximum Gasteiger partial charge on any atom is 0.337 e. The van der Waals surface area contributed by atoms with Crippen LogP contribution in [0.2, 0.25) is 0 Å². The Kier molecular flexibility index (Phi) is 4.48. The van der Waals surface area contributed by atoms with Crippen molar-refractivity contribution >= 4 is 51.3 Å². The minimum absolute atomic E-state index is 0.0940. The highest BCUT2D eigenvalue weighted by molar-refractivity contribution is 8.18. The van der Waals surface area contributed by atoms with Crippen molar-refractivity contribution in [2.24, 2.45) is 4.99 Å². The molecule has 1 saturated heterocycles. The zero-order chi connectivity index (χ0) is 18.8. The summed E-state index contributed by atoms with van der Waals surface area (Å²) in [5, 5.41) is 14.3. The first-order valence-electron chi connectivity index (χ1n) is 8.21. The van der Waals surface area contributed by atoms with Crippen molar-refractivity contribution in [2.45, 2.75) is 0 Å². The summed E-state index contributed by atoms with van der Waals surface area (Å²) < 4.78 is 0. The van der Waals surface area contributed by atoms with Gasteiger partial charge in [-0.25, -0.2) is 9.79 Å². The number of aromatic carboxylic acids is 1. The molecule has 3 aromatic rings. The van der Waals surface area contributed by atoms with Crippen molar-refractivity contribution in [3.63, 3.8) is 0 Å². The monoisotopic (exact) mass is 374 g/mol. The second-order valence-electron chi connectivity index (χ2n) is 5.91. The maximum absolute atomic E-state index is 12.2. The predicted octanol–water partition coefficient (Wildman–Crippen LogP) is 4.43. The molecular formula is C21H14N2O3S. The van der Waals surface area contributed by atoms with E-state index in [0.717, 1.165) is 16.3 Å². The third-order valence-corrected chi connectivity index (χ3v) is 4.97. The molecule has 0 aromatic heterocycles. The van der Waals surface area contributed by atoms with E-state index in [9.17, 15) is 14.7 Å². The molecule has 1 aliphatic rings. The molecule has 0 bridgehead atoms. The van der Waals surface area contributed by atoms with Gasteiger partial charge in [-0.1, -0.05) is 54.6 Å². The zero-order valence-corrected chi connectivity index (χ0v) is 14.9. The van der Waals surface area contributed by atoms with Crippen LogP contribution in [0, 0.1) is 0 Å². The van der Waals surface area contributed by atoms with Gasteiger partial charge < -0.3 is 10.4 Å². The molecule has 1 amide bonds. The van der Waals surface area contributed by atoms with Gasteiger partial charge >= 0.3 is 5.97 Å². The second kappa shape index (κ2) is 7.09. The summed E-state index contributed by atoms with van der Waals surface area (Å²) in [6, 6.07) is 20.3. The molecule has 0 unspecified atom stereocenters. The van der Waals surface area contributed by atoms with Gasteiger partial charge in [0.15, 0.2) is 5.17 Å². The number of carboxylic acid groups (broad SMARTS) is 1. The van der Waals surface area contributed by atoms with E-state index in [0.29, 0.717) is 15.8 Å². The summed E-state index contributed by atoms with van der Waals surface area (Å²) in [5.41, 5.74) is 1.31. The Bertz CT molecular complexity index is 1120. The van der Waals surface area contributed by atoms with Crippen molar-refractivity contribution in [1.82, 2.24) is 5.32 Å². The lowest BCUT2D eigenvalue weighted by Gasteiger charge is -2.05. The number of thioether (sulfide) groups is 1. The Hall–Kier alpha value is -3.38. The van der Waals surface area contributed by atoms with Crippen LogP contribution in [-0.2, 0) is 4.79 Å². The third kappa shape index (κ3) is 3.61. The Morgan fingerprint density at radius 2 is 1.67 bits per heavy atom. The second-order valence-corrected chi connectivity index (χ2v) is 6.94. The number of rotatable bonds is 3. The van der Waals surface area contributed by atoms with Crippen LogP contribution in [-0.4, -0.2) is 22.2 Å². The quantitative estimate of drug-likeness (QED) is 0.665. The molecular weight excluding hydrogens is 360 g/mol. The number of carboxylic acids is 1. The zero-order valence-electron chi connectivity index (χ0n) is 14.0. The molecule has 0 saturated carbocycles. The van der Waals surface area contributed by atoms with E-state index in [1.54, 1.807) is 18.2 Å². The lowest BCUT2D eigenvalue weighted by atomic mass is 10.1. The number of aliphatic imine (C=N–C) groups is 1. The molecule has 0 atom stereocenters. The minimum Gasteiger partial charge on any atom is -0.478 e. The summed E-state index contributed by atoms with van der Waals surface area (Å²) in [7, 11) is 0. The Morgan fingerprint density at radius 3 is 2.37 bits per heavy atom. The van der Waals surface area contributed by atoms with Gasteiger partial charge in [0.05, 0.1) is 16.2 Å². The number of fused-ring (bicyclic) bond motifs is 1. The first-order chi connectivity index (χ1) is 13.1. The molecule has 1 aliphatic heterocycles. The van der Waals surface area contributed by atoms with Gasteiger partial charge in [0.2, 0.25) is 0 Å². The largest absolute Gasteiger partial charge is 0.478 e. The van der Waals surface area contributed by atoms with Gasteiger partial charge in [-0.3, -0.25) is 4.79 Å². The van der Waals surface area contributed by atoms with Gasteiger partial charge in [-0.15, -0.1) is 0 Å². The highest BCUT2D eigenvalue weighted by Crippen LogP contribution is 2.31. The van der Waals surface area contributed by atoms with E-state index in [1.807, 2.05) is 54.6 Å². The van der Waals surface area contributed by atoms with E-state index in [4.69, 9.17) is 0 Å². The fraction of sp³-hybridized carbons (Fsp3) is 0. The molecule has 0 aliphatic carbocycles. The van der Waals surface area contributed by atoms with Crippen LogP contribution in [0.4, 0.5) is 5.69 Å². The molecule has 0 radical (unpaired) electrons. The average Bonchev–Trinajstić information content (AvgIpc) is 3.00. The first-order valence-corrected chi connectivity index (χ1v) is 9.02. The molecule has 0 spiro atoms. The molecule has 6 heteroatoms. The summed E-state index contributed by atoms with van der Waals surface area (Å²) in [6.45, 7) is 0. The van der Waals surface area contributed by atoms with Crippen LogP contribution in [0.15, 0.2) is 76.6 Å². The fourth-order valence-electron chi connectivity index (χ4n) is 2.78. The van der Waals surface area contributed by atoms with Crippen molar-refractivity contribution < 1.29 is 14.7 Å². The fourth-order valence-corrected chi connectivity index (χ4v) is 3.62. The van der Waals surface area contributed by atoms with Crippen LogP contribution >= 0.6 is 11.8 Å². The van der Waals surface area contributed by atoms with Crippen molar-refractivity contribution in [1.29, 1.82) is 0 Å². The van der Waals surface area contributed by atoms with Crippen molar-refractivity contribution in [3.05, 3.63) is 82.8 Å². The molecule has 27 heavy (non-hydrogen) atoms. The van der Waals surface area contributed by atoms with E-state index in [-0.39, 0.29) is 11.5 Å². The molecule has 1 heterocycles. The van der Waals surface area contributed by atoms with E-state index >= 15 is 0 Å². The Labute approximate surface area is 159 Å². The van der Waals surface area contributed by atoms with Gasteiger partial charge in [0.1, 0.15) is 0 Å². The van der Waals surface area contributed by atoms with Gasteiger partial charge in [-0.2, -0.15) is 0 Å². The van der Waals surface area contributed by atoms with Crippen LogP contribution < -0.4 is 5.32 Å². The maximum atomic E-state index is 12.2. The van der Waals surface area contributed by atoms with Crippen LogP contribution in [0.1, 0.15) is 15.9 Å². The Morgan fingerprint density at radius 1 is 1.00 bits per heavy atom. The van der Waals surface area contributed by atoms with Crippen LogP contribution in [0.25, 0.3) is 16.8 Å². The number of carbonyl (C=O) groups is 2. The van der Waals surface area contributed by atoms with Gasteiger partial charge in [0, 0.05) is 0 Å². The summed E-state index contributed by atoms with van der Waals surface area (Å²) in [5.74, 6) is -1.31. The molecule has 3 aromatic carbocycles. The minimum atomic E-state index is -1.06. The normalized spacial score (nSPS) is 16.8. The lowest BCUT2D eigenvalue weighted by molar-refractivity contribution is -0.115. The number of carbonyl (C=O) groups excluding carboxylic acids is 1. The summed E-state index contributed by atoms with van der Waals surface area (Å²) in [4.78, 5) is 28.8. The molecule has 1 fully saturated rings. The standard InChI is InChI=1S/C21H14N2O3S/c24-19-18(10-13-6-2-1-3-7-13)27-21(23-19)22-17-12-15-9-5-4-8-14(15)11-16(17)20(25)26/h1-12H,(H,25,26)(H,22,23,24)/b18-10-. The molecule has 2 N–H and O–H groups in total. The third-order valence-electron chi connectivity index (χ3n) is 4.06. The van der Waals surface area contributed by atoms with E-state index in [2.05, 4.69) is 10.3 Å². The highest BCUT2D eigenvalue weighted by atomic mass is 32.2. The van der Waals surface area contributed by atoms with Crippen molar-refractivity contribution in [2.75, 3.05) is 0 Å². The topological polar surface area (TPSA) is 78.8 Å². The van der Waals surface area contributed by atoms with Gasteiger partial charge in [0.25, 0.3) is 5.91 Å². The Balaban J connectivity index is 1.72. The number of hydrogen-bond donors (Lipinski definition) is 2. The smallest absolute Gasteiger partial charge is 0.337 e. The number of benzene rings is 3. The van der Waals surface area contributed by atoms with E-state index < -0.39 is 5.97 Å². The molecule has 5 nitrogen and oxygen atoms in total. The summed E-state index contributed by atoms with van der Waals surface area (Å²) in [6.07, 6.45) is 1.78. The van der Waals surface area contributed by atoms with Crippen LogP contribution in [0.3, 0.4) is 0 Å². The lowest BCUT2D eigenvalue weighted by Crippen LogP contribution is -2.19. The molecule has 4 rings (SSSR count). The van der Waals surface area contributed by atoms with Gasteiger partial charge in [-0.05, 0) is 46.3 Å². The SMILES string of the molecule is O=C1NC(=Nc2cc3ccccc3cc2C(=O)O)S/C1=C\c1ccccc1. The highest BCUT2D eigenvalue weighted by Gasteiger charge is 2.24. The van der Waals surface area contributed by atoms with Crippen molar-refractivity contribution in [3.8, 4) is 0 Å². The number of amides is 1. The number of hydrogen-bond acceptors (Lipinski definition) is 4. The average molecular weight is 374 g/mol. The van der Waals surface area contributed by atoms with Crippen LogP contribution in [0.5, 0.6) is 0 Å². The molecule has 132 valence electrons. The number of nitrogens with one attached hydrogen (secondary N) is 1. The predicted molar refractivity (Wildman–Crippen MR) is 108 cm³/mol. The number of nitrogens with zero attached hydrogens (tertiary/aromatic N) is 1. The summed E-state index contributed by atoms with van der Waals surface area (Å²) >= 11 is 1.19.